The third-order valence-corrected chi connectivity index (χ3v) is 5.79. The van der Waals surface area contributed by atoms with Crippen LogP contribution in [0.1, 0.15) is 25.3 Å². The molecule has 5 rings (SSSR count). The van der Waals surface area contributed by atoms with Gasteiger partial charge < -0.3 is 25.3 Å². The minimum Gasteiger partial charge on any atom is -0.477 e. The van der Waals surface area contributed by atoms with Crippen molar-refractivity contribution in [3.05, 3.63) is 71.7 Å². The molecule has 0 saturated carbocycles. The number of aliphatic imine (C=N–C) groups is 1. The average Bonchev–Trinajstić information content (AvgIpc) is 3.07. The lowest BCUT2D eigenvalue weighted by Gasteiger charge is -2.23. The van der Waals surface area contributed by atoms with E-state index in [0.29, 0.717) is 30.5 Å². The normalized spacial score (nSPS) is 18.8. The van der Waals surface area contributed by atoms with Crippen LogP contribution in [0.3, 0.4) is 0 Å². The van der Waals surface area contributed by atoms with Crippen molar-refractivity contribution in [2.75, 3.05) is 18.1 Å². The molecule has 1 unspecified atom stereocenters. The molecule has 0 saturated heterocycles. The Hall–Kier alpha value is -3.58. The Bertz CT molecular complexity index is 1210. The molecule has 2 aliphatic rings. The number of hydrogen-bond donors (Lipinski definition) is 2. The van der Waals surface area contributed by atoms with Crippen LogP contribution < -0.4 is 16.0 Å². The van der Waals surface area contributed by atoms with Crippen molar-refractivity contribution in [2.45, 2.75) is 25.9 Å². The molecule has 0 bridgehead atoms. The molecule has 7 nitrogen and oxygen atoms in total. The molecule has 3 aromatic rings. The van der Waals surface area contributed by atoms with E-state index in [4.69, 9.17) is 10.5 Å². The maximum atomic E-state index is 13.4. The smallest absolute Gasteiger partial charge is 0.263 e. The van der Waals surface area contributed by atoms with Gasteiger partial charge in [0.15, 0.2) is 0 Å². The highest BCUT2D eigenvalue weighted by molar-refractivity contribution is 6.08. The summed E-state index contributed by atoms with van der Waals surface area (Å²) in [5.74, 6) is 0.553. The summed E-state index contributed by atoms with van der Waals surface area (Å²) in [6.07, 6.45) is 2.93. The molecule has 1 amide bonds. The molecule has 1 atom stereocenters. The number of nitrogens with one attached hydrogen (secondary N) is 1. The van der Waals surface area contributed by atoms with Crippen LogP contribution in [-0.2, 0) is 9.53 Å². The Morgan fingerprint density at radius 1 is 1.16 bits per heavy atom. The number of carbonyl (C=O) groups excluding carboxylic acids is 1. The standard InChI is InChI=1S/C24H25N5O2/c1-15(2)19-13-29(16-6-4-3-5-7-16)20-9-8-17(12-18(19)20)28-10-11-31-23-21(24(28)30)22(25)26-14-27-23/h3-9,12-15,22H,10-11,25H2,1-2H3,(H,26,27). The molecular weight excluding hydrogens is 390 g/mol. The molecular formula is C24H25N5O2. The van der Waals surface area contributed by atoms with Crippen molar-refractivity contribution in [3.63, 3.8) is 0 Å². The third-order valence-electron chi connectivity index (χ3n) is 5.79. The number of benzene rings is 2. The number of anilines is 1. The van der Waals surface area contributed by atoms with Crippen LogP contribution in [0.4, 0.5) is 5.69 Å². The molecule has 158 valence electrons. The van der Waals surface area contributed by atoms with Gasteiger partial charge in [-0.25, -0.2) is 0 Å². The molecule has 7 heteroatoms. The summed E-state index contributed by atoms with van der Waals surface area (Å²) in [4.78, 5) is 19.2. The van der Waals surface area contributed by atoms with Gasteiger partial charge in [-0.15, -0.1) is 0 Å². The van der Waals surface area contributed by atoms with E-state index in [2.05, 4.69) is 59.2 Å². The van der Waals surface area contributed by atoms with Crippen LogP contribution in [0, 0.1) is 0 Å². The van der Waals surface area contributed by atoms with E-state index < -0.39 is 6.17 Å². The summed E-state index contributed by atoms with van der Waals surface area (Å²) in [5.41, 5.74) is 10.7. The Labute approximate surface area is 180 Å². The topological polar surface area (TPSA) is 84.9 Å². The van der Waals surface area contributed by atoms with Crippen molar-refractivity contribution in [1.29, 1.82) is 0 Å². The summed E-state index contributed by atoms with van der Waals surface area (Å²) in [7, 11) is 0. The van der Waals surface area contributed by atoms with Gasteiger partial charge in [-0.1, -0.05) is 32.0 Å². The number of amides is 1. The monoisotopic (exact) mass is 415 g/mol. The average molecular weight is 415 g/mol. The van der Waals surface area contributed by atoms with E-state index in [9.17, 15) is 4.79 Å². The Morgan fingerprint density at radius 2 is 1.97 bits per heavy atom. The van der Waals surface area contributed by atoms with Crippen LogP contribution in [0.25, 0.3) is 16.6 Å². The predicted molar refractivity (Wildman–Crippen MR) is 122 cm³/mol. The second-order valence-corrected chi connectivity index (χ2v) is 8.06. The van der Waals surface area contributed by atoms with Crippen molar-refractivity contribution >= 4 is 28.8 Å². The fourth-order valence-electron chi connectivity index (χ4n) is 4.21. The van der Waals surface area contributed by atoms with E-state index in [1.165, 1.54) is 11.9 Å². The second-order valence-electron chi connectivity index (χ2n) is 8.06. The number of ether oxygens (including phenoxy) is 1. The Morgan fingerprint density at radius 3 is 2.74 bits per heavy atom. The first kappa shape index (κ1) is 19.4. The van der Waals surface area contributed by atoms with Crippen molar-refractivity contribution in [1.82, 2.24) is 9.88 Å². The largest absolute Gasteiger partial charge is 0.477 e. The van der Waals surface area contributed by atoms with Crippen molar-refractivity contribution in [3.8, 4) is 5.69 Å². The molecule has 0 fully saturated rings. The molecule has 3 N–H and O–H groups in total. The quantitative estimate of drug-likeness (QED) is 0.688. The van der Waals surface area contributed by atoms with Crippen LogP contribution >= 0.6 is 0 Å². The summed E-state index contributed by atoms with van der Waals surface area (Å²) >= 11 is 0. The number of para-hydroxylation sites is 1. The molecule has 2 aliphatic heterocycles. The first-order valence-corrected chi connectivity index (χ1v) is 10.5. The van der Waals surface area contributed by atoms with E-state index in [-0.39, 0.29) is 5.91 Å². The number of fused-ring (bicyclic) bond motifs is 1. The zero-order valence-electron chi connectivity index (χ0n) is 17.6. The zero-order chi connectivity index (χ0) is 21.5. The third kappa shape index (κ3) is 3.27. The van der Waals surface area contributed by atoms with Crippen LogP contribution in [0.5, 0.6) is 0 Å². The minimum atomic E-state index is -0.738. The molecule has 31 heavy (non-hydrogen) atoms. The van der Waals surface area contributed by atoms with Gasteiger partial charge in [0.05, 0.1) is 18.4 Å². The number of carbonyl (C=O) groups is 1. The van der Waals surface area contributed by atoms with E-state index >= 15 is 0 Å². The van der Waals surface area contributed by atoms with Gasteiger partial charge >= 0.3 is 0 Å². The Balaban J connectivity index is 1.61. The van der Waals surface area contributed by atoms with Gasteiger partial charge in [0.25, 0.3) is 5.91 Å². The molecule has 0 aliphatic carbocycles. The number of aromatic nitrogens is 1. The van der Waals surface area contributed by atoms with Crippen molar-refractivity contribution in [2.24, 2.45) is 10.7 Å². The molecule has 0 radical (unpaired) electrons. The molecule has 3 heterocycles. The molecule has 1 aromatic heterocycles. The van der Waals surface area contributed by atoms with Gasteiger partial charge in [0.2, 0.25) is 5.88 Å². The number of nitrogens with zero attached hydrogens (tertiary/aromatic N) is 3. The van der Waals surface area contributed by atoms with Gasteiger partial charge in [-0.05, 0) is 41.8 Å². The van der Waals surface area contributed by atoms with E-state index in [1.807, 2.05) is 24.3 Å². The van der Waals surface area contributed by atoms with Crippen LogP contribution in [0.15, 0.2) is 71.2 Å². The minimum absolute atomic E-state index is 0.183. The first-order valence-electron chi connectivity index (χ1n) is 10.5. The fourth-order valence-corrected chi connectivity index (χ4v) is 4.21. The van der Waals surface area contributed by atoms with Gasteiger partial charge in [0.1, 0.15) is 18.3 Å². The number of nitrogens with two attached hydrogens (primary N) is 1. The van der Waals surface area contributed by atoms with Crippen LogP contribution in [-0.4, -0.2) is 36.1 Å². The lowest BCUT2D eigenvalue weighted by atomic mass is 10.0. The van der Waals surface area contributed by atoms with Gasteiger partial charge in [-0.3, -0.25) is 9.79 Å². The maximum absolute atomic E-state index is 13.4. The second kappa shape index (κ2) is 7.59. The SMILES string of the molecule is CC(C)c1cn(-c2ccccc2)c2ccc(N3CCOC4=C(C3=O)C(N)N=CN4)cc12. The molecule has 0 spiro atoms. The highest BCUT2D eigenvalue weighted by atomic mass is 16.5. The van der Waals surface area contributed by atoms with E-state index in [0.717, 1.165) is 22.3 Å². The summed E-state index contributed by atoms with van der Waals surface area (Å²) in [6, 6.07) is 16.4. The maximum Gasteiger partial charge on any atom is 0.263 e. The first-order chi connectivity index (χ1) is 15.0. The lowest BCUT2D eigenvalue weighted by Crippen LogP contribution is -2.41. The highest BCUT2D eigenvalue weighted by Gasteiger charge is 2.33. The van der Waals surface area contributed by atoms with Gasteiger partial charge in [-0.2, -0.15) is 0 Å². The Kier molecular flexibility index (Phi) is 4.75. The molecule has 2 aromatic carbocycles. The van der Waals surface area contributed by atoms with Crippen molar-refractivity contribution < 1.29 is 9.53 Å². The summed E-state index contributed by atoms with van der Waals surface area (Å²) in [6.45, 7) is 5.17. The van der Waals surface area contributed by atoms with Crippen LogP contribution in [0.2, 0.25) is 0 Å². The lowest BCUT2D eigenvalue weighted by molar-refractivity contribution is -0.115. The van der Waals surface area contributed by atoms with E-state index in [1.54, 1.807) is 4.90 Å². The zero-order valence-corrected chi connectivity index (χ0v) is 17.6. The fraction of sp³-hybridized carbons (Fsp3) is 0.250. The number of rotatable bonds is 3. The number of hydrogen-bond acceptors (Lipinski definition) is 5. The summed E-state index contributed by atoms with van der Waals surface area (Å²) < 4.78 is 7.95. The predicted octanol–water partition coefficient (Wildman–Crippen LogP) is 3.25. The summed E-state index contributed by atoms with van der Waals surface area (Å²) in [5, 5.41) is 4.04. The highest BCUT2D eigenvalue weighted by Crippen LogP contribution is 2.34. The van der Waals surface area contributed by atoms with Gasteiger partial charge in [0, 0.05) is 23.0 Å².